The van der Waals surface area contributed by atoms with Crippen molar-refractivity contribution in [1.82, 2.24) is 14.7 Å². The molecular weight excluding hydrogens is 302 g/mol. The second-order valence-electron chi connectivity index (χ2n) is 5.66. The summed E-state index contributed by atoms with van der Waals surface area (Å²) in [5, 5.41) is 4.08. The minimum atomic E-state index is 0.762. The Kier molecular flexibility index (Phi) is 3.34. The Labute approximate surface area is 139 Å². The highest BCUT2D eigenvalue weighted by Crippen LogP contribution is 2.32. The summed E-state index contributed by atoms with van der Waals surface area (Å²) in [6.07, 6.45) is 0. The van der Waals surface area contributed by atoms with Gasteiger partial charge in [0.2, 0.25) is 0 Å². The molecule has 0 N–H and O–H groups in total. The van der Waals surface area contributed by atoms with Crippen LogP contribution in [0.15, 0.2) is 53.1 Å². The van der Waals surface area contributed by atoms with E-state index in [-0.39, 0.29) is 0 Å². The van der Waals surface area contributed by atoms with Crippen LogP contribution in [-0.2, 0) is 0 Å². The van der Waals surface area contributed by atoms with E-state index in [9.17, 15) is 0 Å². The first-order valence-corrected chi connectivity index (χ1v) is 7.74. The zero-order chi connectivity index (χ0) is 16.7. The molecule has 0 aliphatic heterocycles. The Balaban J connectivity index is 2.03. The molecule has 0 aliphatic rings. The number of fused-ring (bicyclic) bond motifs is 1. The van der Waals surface area contributed by atoms with E-state index in [1.54, 1.807) is 7.11 Å². The summed E-state index contributed by atoms with van der Waals surface area (Å²) in [4.78, 5) is 4.83. The molecule has 2 heterocycles. The number of imidazole rings is 1. The lowest BCUT2D eigenvalue weighted by Crippen LogP contribution is -1.99. The zero-order valence-electron chi connectivity index (χ0n) is 13.8. The number of methoxy groups -OCH3 is 1. The maximum Gasteiger partial charge on any atom is 0.151 e. The molecule has 0 spiro atoms. The van der Waals surface area contributed by atoms with Crippen molar-refractivity contribution in [3.8, 4) is 22.8 Å². The van der Waals surface area contributed by atoms with Crippen LogP contribution < -0.4 is 4.74 Å². The van der Waals surface area contributed by atoms with Crippen molar-refractivity contribution in [2.75, 3.05) is 7.11 Å². The molecule has 2 aromatic heterocycles. The van der Waals surface area contributed by atoms with Crippen LogP contribution in [0.25, 0.3) is 28.1 Å². The molecule has 0 bridgehead atoms. The zero-order valence-corrected chi connectivity index (χ0v) is 13.8. The Morgan fingerprint density at radius 2 is 1.75 bits per heavy atom. The van der Waals surface area contributed by atoms with E-state index in [0.717, 1.165) is 45.3 Å². The molecule has 120 valence electrons. The SMILES string of the molecule is COc1ccc(-n2c(-c3c(C)noc3C)nc3ccccc32)cc1. The monoisotopic (exact) mass is 319 g/mol. The number of aryl methyl sites for hydroxylation is 2. The average Bonchev–Trinajstić information content (AvgIpc) is 3.14. The van der Waals surface area contributed by atoms with Crippen LogP contribution in [0.2, 0.25) is 0 Å². The maximum absolute atomic E-state index is 5.35. The summed E-state index contributed by atoms with van der Waals surface area (Å²) in [6.45, 7) is 3.84. The van der Waals surface area contributed by atoms with Gasteiger partial charge in [-0.3, -0.25) is 4.57 Å². The van der Waals surface area contributed by atoms with E-state index in [0.29, 0.717) is 0 Å². The number of rotatable bonds is 3. The van der Waals surface area contributed by atoms with Crippen LogP contribution in [0.3, 0.4) is 0 Å². The van der Waals surface area contributed by atoms with Crippen molar-refractivity contribution in [2.24, 2.45) is 0 Å². The van der Waals surface area contributed by atoms with Crippen LogP contribution in [0.5, 0.6) is 5.75 Å². The molecule has 0 atom stereocenters. The molecule has 2 aromatic carbocycles. The largest absolute Gasteiger partial charge is 0.497 e. The summed E-state index contributed by atoms with van der Waals surface area (Å²) in [5.74, 6) is 2.41. The first-order chi connectivity index (χ1) is 11.7. The molecule has 0 unspecified atom stereocenters. The van der Waals surface area contributed by atoms with E-state index < -0.39 is 0 Å². The van der Waals surface area contributed by atoms with Crippen LogP contribution in [0.1, 0.15) is 11.5 Å². The molecule has 0 amide bonds. The van der Waals surface area contributed by atoms with Gasteiger partial charge in [0.05, 0.1) is 29.4 Å². The fraction of sp³-hybridized carbons (Fsp3) is 0.158. The summed E-state index contributed by atoms with van der Waals surface area (Å²) in [5.41, 5.74) is 4.75. The number of benzene rings is 2. The van der Waals surface area contributed by atoms with Gasteiger partial charge in [-0.15, -0.1) is 0 Å². The van der Waals surface area contributed by atoms with E-state index in [1.165, 1.54) is 0 Å². The topological polar surface area (TPSA) is 53.1 Å². The lowest BCUT2D eigenvalue weighted by molar-refractivity contribution is 0.393. The third-order valence-corrected chi connectivity index (χ3v) is 4.15. The normalized spacial score (nSPS) is 11.1. The summed E-state index contributed by atoms with van der Waals surface area (Å²) >= 11 is 0. The quantitative estimate of drug-likeness (QED) is 0.565. The van der Waals surface area contributed by atoms with Crippen molar-refractivity contribution in [2.45, 2.75) is 13.8 Å². The molecule has 4 aromatic rings. The van der Waals surface area contributed by atoms with Crippen LogP contribution in [0, 0.1) is 13.8 Å². The number of hydrogen-bond acceptors (Lipinski definition) is 4. The summed E-state index contributed by atoms with van der Waals surface area (Å²) in [6, 6.07) is 16.0. The first kappa shape index (κ1) is 14.5. The van der Waals surface area contributed by atoms with Gasteiger partial charge in [-0.1, -0.05) is 17.3 Å². The molecule has 0 fully saturated rings. The molecule has 0 saturated carbocycles. The minimum absolute atomic E-state index is 0.762. The van der Waals surface area contributed by atoms with Gasteiger partial charge in [-0.05, 0) is 50.2 Å². The highest BCUT2D eigenvalue weighted by molar-refractivity contribution is 5.84. The van der Waals surface area contributed by atoms with Gasteiger partial charge in [0.25, 0.3) is 0 Å². The van der Waals surface area contributed by atoms with Crippen molar-refractivity contribution in [1.29, 1.82) is 0 Å². The van der Waals surface area contributed by atoms with E-state index in [1.807, 2.05) is 56.3 Å². The van der Waals surface area contributed by atoms with E-state index in [4.69, 9.17) is 14.2 Å². The standard InChI is InChI=1S/C19H17N3O2/c1-12-18(13(2)24-21-12)19-20-16-6-4-5-7-17(16)22(19)14-8-10-15(23-3)11-9-14/h4-11H,1-3H3. The van der Waals surface area contributed by atoms with Crippen molar-refractivity contribution in [3.05, 3.63) is 60.0 Å². The van der Waals surface area contributed by atoms with Crippen LogP contribution in [-0.4, -0.2) is 21.8 Å². The number of para-hydroxylation sites is 2. The predicted molar refractivity (Wildman–Crippen MR) is 92.6 cm³/mol. The van der Waals surface area contributed by atoms with E-state index in [2.05, 4.69) is 15.8 Å². The van der Waals surface area contributed by atoms with Crippen molar-refractivity contribution < 1.29 is 9.26 Å². The molecule has 0 saturated heterocycles. The molecule has 0 aliphatic carbocycles. The predicted octanol–water partition coefficient (Wildman–Crippen LogP) is 4.31. The average molecular weight is 319 g/mol. The highest BCUT2D eigenvalue weighted by atomic mass is 16.5. The number of hydrogen-bond donors (Lipinski definition) is 0. The summed E-state index contributed by atoms with van der Waals surface area (Å²) < 4.78 is 12.7. The maximum atomic E-state index is 5.35. The Bertz CT molecular complexity index is 993. The fourth-order valence-corrected chi connectivity index (χ4v) is 2.99. The number of nitrogens with zero attached hydrogens (tertiary/aromatic N) is 3. The molecule has 5 heteroatoms. The minimum Gasteiger partial charge on any atom is -0.497 e. The fourth-order valence-electron chi connectivity index (χ4n) is 2.99. The van der Waals surface area contributed by atoms with Gasteiger partial charge in [-0.25, -0.2) is 4.98 Å². The lowest BCUT2D eigenvalue weighted by Gasteiger charge is -2.10. The van der Waals surface area contributed by atoms with Gasteiger partial charge in [0, 0.05) is 5.69 Å². The first-order valence-electron chi connectivity index (χ1n) is 7.74. The lowest BCUT2D eigenvalue weighted by atomic mass is 10.2. The molecule has 4 rings (SSSR count). The highest BCUT2D eigenvalue weighted by Gasteiger charge is 2.20. The third-order valence-electron chi connectivity index (χ3n) is 4.15. The Morgan fingerprint density at radius 3 is 2.42 bits per heavy atom. The van der Waals surface area contributed by atoms with Gasteiger partial charge in [-0.2, -0.15) is 0 Å². The molecule has 5 nitrogen and oxygen atoms in total. The van der Waals surface area contributed by atoms with Gasteiger partial charge in [0.15, 0.2) is 5.82 Å². The molecule has 0 radical (unpaired) electrons. The Hall–Kier alpha value is -3.08. The second-order valence-corrected chi connectivity index (χ2v) is 5.66. The Morgan fingerprint density at radius 1 is 1.00 bits per heavy atom. The molecule has 24 heavy (non-hydrogen) atoms. The van der Waals surface area contributed by atoms with Gasteiger partial charge < -0.3 is 9.26 Å². The van der Waals surface area contributed by atoms with Crippen molar-refractivity contribution in [3.63, 3.8) is 0 Å². The van der Waals surface area contributed by atoms with Crippen LogP contribution in [0.4, 0.5) is 0 Å². The number of ether oxygens (including phenoxy) is 1. The van der Waals surface area contributed by atoms with Crippen LogP contribution >= 0.6 is 0 Å². The summed E-state index contributed by atoms with van der Waals surface area (Å²) in [7, 11) is 1.66. The molecular formula is C19H17N3O2. The smallest absolute Gasteiger partial charge is 0.151 e. The van der Waals surface area contributed by atoms with Gasteiger partial charge >= 0.3 is 0 Å². The van der Waals surface area contributed by atoms with Gasteiger partial charge in [0.1, 0.15) is 11.5 Å². The number of aromatic nitrogens is 3. The van der Waals surface area contributed by atoms with Crippen molar-refractivity contribution >= 4 is 11.0 Å². The second kappa shape index (κ2) is 5.53. The third kappa shape index (κ3) is 2.17. The van der Waals surface area contributed by atoms with E-state index >= 15 is 0 Å².